The van der Waals surface area contributed by atoms with Crippen molar-refractivity contribution >= 4 is 12.0 Å². The summed E-state index contributed by atoms with van der Waals surface area (Å²) in [4.78, 5) is 25.8. The summed E-state index contributed by atoms with van der Waals surface area (Å²) < 4.78 is 0. The average molecular weight is 296 g/mol. The predicted octanol–water partition coefficient (Wildman–Crippen LogP) is 2.85. The molecule has 0 atom stereocenters. The molecule has 1 heterocycles. The summed E-state index contributed by atoms with van der Waals surface area (Å²) in [6.07, 6.45) is 6.49. The Labute approximate surface area is 127 Å². The Balaban J connectivity index is 1.91. The first-order chi connectivity index (χ1) is 9.85. The largest absolute Gasteiger partial charge is 0.481 e. The van der Waals surface area contributed by atoms with Crippen molar-refractivity contribution in [2.24, 2.45) is 10.8 Å². The van der Waals surface area contributed by atoms with Gasteiger partial charge in [-0.05, 0) is 31.1 Å². The quantitative estimate of drug-likeness (QED) is 0.841. The first kappa shape index (κ1) is 16.1. The van der Waals surface area contributed by atoms with Gasteiger partial charge in [0.25, 0.3) is 0 Å². The van der Waals surface area contributed by atoms with E-state index in [1.54, 1.807) is 0 Å². The van der Waals surface area contributed by atoms with E-state index in [4.69, 9.17) is 0 Å². The van der Waals surface area contributed by atoms with Crippen molar-refractivity contribution in [2.45, 2.75) is 58.8 Å². The van der Waals surface area contributed by atoms with Crippen LogP contribution in [0.3, 0.4) is 0 Å². The number of urea groups is 1. The summed E-state index contributed by atoms with van der Waals surface area (Å²) in [7, 11) is 0. The van der Waals surface area contributed by atoms with Gasteiger partial charge < -0.3 is 15.3 Å². The zero-order chi connectivity index (χ0) is 15.5. The van der Waals surface area contributed by atoms with E-state index in [1.807, 2.05) is 4.90 Å². The molecule has 0 unspecified atom stereocenters. The van der Waals surface area contributed by atoms with Crippen LogP contribution < -0.4 is 5.32 Å². The number of carbonyl (C=O) groups excluding carboxylic acids is 1. The second-order valence-corrected chi connectivity index (χ2v) is 7.49. The van der Waals surface area contributed by atoms with Crippen molar-refractivity contribution in [1.29, 1.82) is 0 Å². The van der Waals surface area contributed by atoms with Gasteiger partial charge in [0.1, 0.15) is 0 Å². The number of aliphatic carboxylic acids is 1. The number of likely N-dealkylation sites (tertiary alicyclic amines) is 1. The predicted molar refractivity (Wildman–Crippen MR) is 81.1 cm³/mol. The smallest absolute Gasteiger partial charge is 0.317 e. The summed E-state index contributed by atoms with van der Waals surface area (Å²) in [5.41, 5.74) is -0.593. The van der Waals surface area contributed by atoms with Crippen LogP contribution in [0, 0.1) is 10.8 Å². The summed E-state index contributed by atoms with van der Waals surface area (Å²) in [6.45, 7) is 6.13. The van der Waals surface area contributed by atoms with E-state index in [1.165, 1.54) is 0 Å². The Hall–Kier alpha value is -1.26. The highest BCUT2D eigenvalue weighted by Crippen LogP contribution is 2.36. The van der Waals surface area contributed by atoms with Gasteiger partial charge in [-0.2, -0.15) is 0 Å². The normalized spacial score (nSPS) is 24.4. The maximum atomic E-state index is 12.3. The van der Waals surface area contributed by atoms with E-state index in [9.17, 15) is 14.7 Å². The van der Waals surface area contributed by atoms with Gasteiger partial charge in [0.2, 0.25) is 0 Å². The van der Waals surface area contributed by atoms with Crippen LogP contribution in [0.15, 0.2) is 0 Å². The maximum absolute atomic E-state index is 12.3. The molecule has 21 heavy (non-hydrogen) atoms. The highest BCUT2D eigenvalue weighted by atomic mass is 16.4. The molecule has 2 aliphatic rings. The molecule has 1 saturated carbocycles. The molecule has 120 valence electrons. The number of carboxylic acids is 1. The number of nitrogens with one attached hydrogen (secondary N) is 1. The first-order valence-electron chi connectivity index (χ1n) is 8.11. The van der Waals surface area contributed by atoms with Crippen molar-refractivity contribution in [3.63, 3.8) is 0 Å². The highest BCUT2D eigenvalue weighted by Gasteiger charge is 2.40. The van der Waals surface area contributed by atoms with Crippen LogP contribution >= 0.6 is 0 Å². The van der Waals surface area contributed by atoms with Crippen LogP contribution in [0.4, 0.5) is 4.79 Å². The van der Waals surface area contributed by atoms with Gasteiger partial charge in [-0.25, -0.2) is 4.79 Å². The van der Waals surface area contributed by atoms with E-state index in [2.05, 4.69) is 19.2 Å². The van der Waals surface area contributed by atoms with Crippen LogP contribution in [-0.2, 0) is 4.79 Å². The molecule has 1 aliphatic carbocycles. The third-order valence-corrected chi connectivity index (χ3v) is 5.03. The molecule has 0 spiro atoms. The van der Waals surface area contributed by atoms with Crippen molar-refractivity contribution in [3.05, 3.63) is 0 Å². The minimum absolute atomic E-state index is 0.103. The summed E-state index contributed by atoms with van der Waals surface area (Å²) >= 11 is 0. The van der Waals surface area contributed by atoms with Crippen molar-refractivity contribution < 1.29 is 14.7 Å². The third kappa shape index (κ3) is 3.89. The standard InChI is InChI=1S/C16H28N2O3/c1-15(2)7-6-10-18(12-15)14(21)17-11-16(13(19)20)8-4-3-5-9-16/h3-12H2,1-2H3,(H,17,21)(H,19,20). The monoisotopic (exact) mass is 296 g/mol. The van der Waals surface area contributed by atoms with Crippen LogP contribution in [0.5, 0.6) is 0 Å². The van der Waals surface area contributed by atoms with E-state index in [0.717, 1.165) is 45.2 Å². The van der Waals surface area contributed by atoms with Crippen LogP contribution in [0.25, 0.3) is 0 Å². The second-order valence-electron chi connectivity index (χ2n) is 7.49. The molecule has 2 amide bonds. The molecular formula is C16H28N2O3. The molecule has 2 rings (SSSR count). The summed E-state index contributed by atoms with van der Waals surface area (Å²) in [6, 6.07) is -0.103. The van der Waals surface area contributed by atoms with E-state index >= 15 is 0 Å². The number of carboxylic acid groups (broad SMARTS) is 1. The Kier molecular flexibility index (Phi) is 4.79. The van der Waals surface area contributed by atoms with Crippen LogP contribution in [0.1, 0.15) is 58.8 Å². The zero-order valence-corrected chi connectivity index (χ0v) is 13.3. The third-order valence-electron chi connectivity index (χ3n) is 5.03. The molecule has 0 aromatic heterocycles. The van der Waals surface area contributed by atoms with Gasteiger partial charge in [0.15, 0.2) is 0 Å². The van der Waals surface area contributed by atoms with Crippen LogP contribution in [0.2, 0.25) is 0 Å². The molecule has 1 saturated heterocycles. The molecule has 2 fully saturated rings. The fourth-order valence-electron chi connectivity index (χ4n) is 3.65. The van der Waals surface area contributed by atoms with Gasteiger partial charge in [0.05, 0.1) is 5.41 Å². The lowest BCUT2D eigenvalue weighted by atomic mass is 9.74. The molecule has 0 aromatic carbocycles. The Morgan fingerprint density at radius 1 is 1.10 bits per heavy atom. The Morgan fingerprint density at radius 2 is 1.76 bits per heavy atom. The summed E-state index contributed by atoms with van der Waals surface area (Å²) in [5.74, 6) is -0.763. The van der Waals surface area contributed by atoms with Crippen molar-refractivity contribution in [2.75, 3.05) is 19.6 Å². The maximum Gasteiger partial charge on any atom is 0.317 e. The summed E-state index contributed by atoms with van der Waals surface area (Å²) in [5, 5.41) is 12.4. The van der Waals surface area contributed by atoms with Gasteiger partial charge in [-0.1, -0.05) is 33.1 Å². The number of hydrogen-bond donors (Lipinski definition) is 2. The van der Waals surface area contributed by atoms with E-state index in [-0.39, 0.29) is 18.0 Å². The van der Waals surface area contributed by atoms with Gasteiger partial charge in [-0.3, -0.25) is 4.79 Å². The lowest BCUT2D eigenvalue weighted by molar-refractivity contribution is -0.150. The van der Waals surface area contributed by atoms with Crippen molar-refractivity contribution in [1.82, 2.24) is 10.2 Å². The second kappa shape index (κ2) is 6.24. The molecule has 0 radical (unpaired) electrons. The molecular weight excluding hydrogens is 268 g/mol. The number of carbonyl (C=O) groups is 2. The van der Waals surface area contributed by atoms with E-state index < -0.39 is 11.4 Å². The lowest BCUT2D eigenvalue weighted by Gasteiger charge is -2.39. The molecule has 1 aliphatic heterocycles. The topological polar surface area (TPSA) is 69.6 Å². The highest BCUT2D eigenvalue weighted by molar-refractivity contribution is 5.78. The zero-order valence-electron chi connectivity index (χ0n) is 13.3. The molecule has 5 nitrogen and oxygen atoms in total. The Bertz CT molecular complexity index is 400. The average Bonchev–Trinajstić information content (AvgIpc) is 2.44. The van der Waals surface area contributed by atoms with Crippen LogP contribution in [-0.4, -0.2) is 41.6 Å². The minimum Gasteiger partial charge on any atom is -0.481 e. The number of nitrogens with zero attached hydrogens (tertiary/aromatic N) is 1. The number of rotatable bonds is 3. The number of amides is 2. The number of piperidine rings is 1. The van der Waals surface area contributed by atoms with Gasteiger partial charge >= 0.3 is 12.0 Å². The molecule has 0 aromatic rings. The molecule has 5 heteroatoms. The molecule has 2 N–H and O–H groups in total. The fraction of sp³-hybridized carbons (Fsp3) is 0.875. The lowest BCUT2D eigenvalue weighted by Crippen LogP contribution is -2.51. The van der Waals surface area contributed by atoms with E-state index in [0.29, 0.717) is 12.8 Å². The van der Waals surface area contributed by atoms with Gasteiger partial charge in [0, 0.05) is 19.6 Å². The van der Waals surface area contributed by atoms with Gasteiger partial charge in [-0.15, -0.1) is 0 Å². The fourth-order valence-corrected chi connectivity index (χ4v) is 3.65. The first-order valence-corrected chi connectivity index (χ1v) is 8.11. The minimum atomic E-state index is -0.763. The Morgan fingerprint density at radius 3 is 2.33 bits per heavy atom. The number of hydrogen-bond acceptors (Lipinski definition) is 2. The SMILES string of the molecule is CC1(C)CCCN(C(=O)NCC2(C(=O)O)CCCCC2)C1. The van der Waals surface area contributed by atoms with Crippen molar-refractivity contribution in [3.8, 4) is 0 Å². The molecule has 0 bridgehead atoms.